The van der Waals surface area contributed by atoms with Crippen LogP contribution in [0.5, 0.6) is 0 Å². The maximum absolute atomic E-state index is 10.9. The highest BCUT2D eigenvalue weighted by Crippen LogP contribution is 2.24. The van der Waals surface area contributed by atoms with Gasteiger partial charge < -0.3 is 5.11 Å². The van der Waals surface area contributed by atoms with Crippen LogP contribution in [-0.4, -0.2) is 31.1 Å². The molecule has 6 nitrogen and oxygen atoms in total. The smallest absolute Gasteiger partial charge is 0.353 e. The topological polar surface area (TPSA) is 83.8 Å². The van der Waals surface area contributed by atoms with Crippen LogP contribution in [0.2, 0.25) is 0 Å². The minimum Gasteiger partial charge on any atom is -0.477 e. The van der Waals surface area contributed by atoms with Gasteiger partial charge in [0.1, 0.15) is 11.4 Å². The van der Waals surface area contributed by atoms with Crippen molar-refractivity contribution in [3.05, 3.63) is 48.2 Å². The van der Waals surface area contributed by atoms with E-state index in [0.29, 0.717) is 5.69 Å². The summed E-state index contributed by atoms with van der Waals surface area (Å²) >= 11 is 0. The molecular weight excluding hydrogens is 256 g/mol. The van der Waals surface area contributed by atoms with Crippen molar-refractivity contribution in [1.82, 2.24) is 20.0 Å². The van der Waals surface area contributed by atoms with Crippen LogP contribution in [0.4, 0.5) is 0 Å². The quantitative estimate of drug-likeness (QED) is 0.762. The van der Waals surface area contributed by atoms with E-state index in [4.69, 9.17) is 5.11 Å². The zero-order valence-corrected chi connectivity index (χ0v) is 10.7. The molecule has 100 valence electrons. The molecule has 0 saturated carbocycles. The predicted octanol–water partition coefficient (Wildman–Crippen LogP) is 2.18. The van der Waals surface area contributed by atoms with Crippen molar-refractivity contribution >= 4 is 5.97 Å². The fourth-order valence-corrected chi connectivity index (χ4v) is 2.02. The van der Waals surface area contributed by atoms with Crippen molar-refractivity contribution < 1.29 is 9.90 Å². The van der Waals surface area contributed by atoms with Crippen molar-refractivity contribution in [2.75, 3.05) is 0 Å². The first kappa shape index (κ1) is 12.2. The molecule has 2 heterocycles. The third-order valence-corrected chi connectivity index (χ3v) is 3.02. The average molecular weight is 268 g/mol. The highest BCUT2D eigenvalue weighted by molar-refractivity contribution is 5.86. The Morgan fingerprint density at radius 3 is 2.60 bits per heavy atom. The van der Waals surface area contributed by atoms with Gasteiger partial charge in [-0.1, -0.05) is 30.3 Å². The highest BCUT2D eigenvalue weighted by Gasteiger charge is 2.14. The van der Waals surface area contributed by atoms with Crippen molar-refractivity contribution in [2.24, 2.45) is 7.05 Å². The molecule has 0 amide bonds. The maximum atomic E-state index is 10.9. The minimum atomic E-state index is -1.03. The second-order valence-corrected chi connectivity index (χ2v) is 4.38. The van der Waals surface area contributed by atoms with Gasteiger partial charge in [-0.2, -0.15) is 10.2 Å². The Bertz CT molecular complexity index is 759. The van der Waals surface area contributed by atoms with E-state index in [1.54, 1.807) is 11.7 Å². The molecule has 0 unspecified atom stereocenters. The second-order valence-electron chi connectivity index (χ2n) is 4.38. The molecule has 2 N–H and O–H groups in total. The number of aromatic carboxylic acids is 1. The zero-order valence-electron chi connectivity index (χ0n) is 10.7. The van der Waals surface area contributed by atoms with Gasteiger partial charge in [0.05, 0.1) is 11.4 Å². The number of carbonyl (C=O) groups is 1. The summed E-state index contributed by atoms with van der Waals surface area (Å²) in [5.41, 5.74) is 3.20. The van der Waals surface area contributed by atoms with Gasteiger partial charge in [-0.05, 0) is 6.07 Å². The molecule has 3 rings (SSSR count). The first-order valence-corrected chi connectivity index (χ1v) is 6.03. The molecule has 0 atom stereocenters. The Morgan fingerprint density at radius 1 is 1.20 bits per heavy atom. The van der Waals surface area contributed by atoms with Crippen LogP contribution in [0.3, 0.4) is 0 Å². The normalized spacial score (nSPS) is 10.7. The van der Waals surface area contributed by atoms with Gasteiger partial charge in [-0.15, -0.1) is 0 Å². The lowest BCUT2D eigenvalue weighted by Crippen LogP contribution is -1.95. The third-order valence-electron chi connectivity index (χ3n) is 3.02. The molecule has 0 bridgehead atoms. The molecule has 3 aromatic rings. The number of nitrogens with one attached hydrogen (secondary N) is 1. The van der Waals surface area contributed by atoms with Gasteiger partial charge in [-0.3, -0.25) is 9.78 Å². The number of hydrogen-bond donors (Lipinski definition) is 2. The van der Waals surface area contributed by atoms with E-state index in [2.05, 4.69) is 15.3 Å². The lowest BCUT2D eigenvalue weighted by molar-refractivity contribution is 0.0690. The number of carboxylic acids is 1. The van der Waals surface area contributed by atoms with Crippen LogP contribution in [0.15, 0.2) is 42.5 Å². The number of aromatic nitrogens is 4. The standard InChI is InChI=1S/C14H12N4O2/c1-18-13(11-7-12(14(19)20)16-15-11)8-10(17-18)9-5-3-2-4-6-9/h2-8H,1H3,(H,15,16)(H,19,20). The lowest BCUT2D eigenvalue weighted by Gasteiger charge is -1.94. The molecule has 0 aliphatic heterocycles. The third kappa shape index (κ3) is 2.07. The van der Waals surface area contributed by atoms with E-state index < -0.39 is 5.97 Å². The summed E-state index contributed by atoms with van der Waals surface area (Å²) in [6.07, 6.45) is 0. The number of carboxylic acid groups (broad SMARTS) is 1. The fourth-order valence-electron chi connectivity index (χ4n) is 2.02. The zero-order chi connectivity index (χ0) is 14.1. The molecule has 0 saturated heterocycles. The Labute approximate surface area is 114 Å². The van der Waals surface area contributed by atoms with E-state index in [1.165, 1.54) is 6.07 Å². The van der Waals surface area contributed by atoms with E-state index in [-0.39, 0.29) is 5.69 Å². The van der Waals surface area contributed by atoms with Crippen molar-refractivity contribution in [1.29, 1.82) is 0 Å². The number of benzene rings is 1. The first-order chi connectivity index (χ1) is 9.65. The summed E-state index contributed by atoms with van der Waals surface area (Å²) < 4.78 is 1.68. The van der Waals surface area contributed by atoms with E-state index >= 15 is 0 Å². The van der Waals surface area contributed by atoms with Crippen molar-refractivity contribution in [2.45, 2.75) is 0 Å². The van der Waals surface area contributed by atoms with Gasteiger partial charge in [0.15, 0.2) is 0 Å². The van der Waals surface area contributed by atoms with E-state index in [1.807, 2.05) is 36.4 Å². The Morgan fingerprint density at radius 2 is 1.95 bits per heavy atom. The van der Waals surface area contributed by atoms with Crippen LogP contribution in [0, 0.1) is 0 Å². The summed E-state index contributed by atoms with van der Waals surface area (Å²) in [6, 6.07) is 13.2. The summed E-state index contributed by atoms with van der Waals surface area (Å²) in [4.78, 5) is 10.9. The second kappa shape index (κ2) is 4.65. The monoisotopic (exact) mass is 268 g/mol. The van der Waals surface area contributed by atoms with Crippen LogP contribution < -0.4 is 0 Å². The Kier molecular flexibility index (Phi) is 2.83. The molecule has 0 spiro atoms. The molecule has 1 aromatic carbocycles. The Hall–Kier alpha value is -2.89. The van der Waals surface area contributed by atoms with Gasteiger partial charge in [-0.25, -0.2) is 4.79 Å². The predicted molar refractivity (Wildman–Crippen MR) is 73.2 cm³/mol. The number of aryl methyl sites for hydroxylation is 1. The average Bonchev–Trinajstić information content (AvgIpc) is 3.06. The number of nitrogens with zero attached hydrogens (tertiary/aromatic N) is 3. The maximum Gasteiger partial charge on any atom is 0.353 e. The number of H-pyrrole nitrogens is 1. The summed E-state index contributed by atoms with van der Waals surface area (Å²) in [6.45, 7) is 0. The molecular formula is C14H12N4O2. The number of aromatic amines is 1. The summed E-state index contributed by atoms with van der Waals surface area (Å²) in [7, 11) is 1.80. The van der Waals surface area contributed by atoms with E-state index in [9.17, 15) is 4.79 Å². The number of hydrogen-bond acceptors (Lipinski definition) is 3. The Balaban J connectivity index is 2.02. The van der Waals surface area contributed by atoms with Gasteiger partial charge in [0.2, 0.25) is 0 Å². The van der Waals surface area contributed by atoms with Crippen LogP contribution in [0.1, 0.15) is 10.5 Å². The summed E-state index contributed by atoms with van der Waals surface area (Å²) in [5, 5.41) is 19.8. The van der Waals surface area contributed by atoms with Crippen molar-refractivity contribution in [3.63, 3.8) is 0 Å². The summed E-state index contributed by atoms with van der Waals surface area (Å²) in [5.74, 6) is -1.03. The molecule has 0 aliphatic rings. The highest BCUT2D eigenvalue weighted by atomic mass is 16.4. The van der Waals surface area contributed by atoms with Gasteiger partial charge in [0, 0.05) is 18.7 Å². The van der Waals surface area contributed by atoms with Crippen molar-refractivity contribution in [3.8, 4) is 22.6 Å². The molecule has 0 fully saturated rings. The van der Waals surface area contributed by atoms with E-state index in [0.717, 1.165) is 17.0 Å². The SMILES string of the molecule is Cn1nc(-c2ccccc2)cc1-c1cc(C(=O)O)[nH]n1. The fraction of sp³-hybridized carbons (Fsp3) is 0.0714. The van der Waals surface area contributed by atoms with Crippen LogP contribution in [-0.2, 0) is 7.05 Å². The first-order valence-electron chi connectivity index (χ1n) is 6.03. The molecule has 0 radical (unpaired) electrons. The molecule has 6 heteroatoms. The van der Waals surface area contributed by atoms with Gasteiger partial charge in [0.25, 0.3) is 0 Å². The lowest BCUT2D eigenvalue weighted by atomic mass is 10.1. The van der Waals surface area contributed by atoms with Gasteiger partial charge >= 0.3 is 5.97 Å². The number of rotatable bonds is 3. The van der Waals surface area contributed by atoms with Crippen LogP contribution >= 0.6 is 0 Å². The minimum absolute atomic E-state index is 0.0578. The largest absolute Gasteiger partial charge is 0.477 e. The molecule has 2 aromatic heterocycles. The van der Waals surface area contributed by atoms with Crippen LogP contribution in [0.25, 0.3) is 22.6 Å². The molecule has 20 heavy (non-hydrogen) atoms. The molecule has 0 aliphatic carbocycles.